The highest BCUT2D eigenvalue weighted by Gasteiger charge is 2.17. The largest absolute Gasteiger partial charge is 0.733 e. The van der Waals surface area contributed by atoms with E-state index in [1.165, 1.54) is 73.9 Å². The number of carbonyl (C=O) groups excluding carboxylic acids is 2. The Bertz CT molecular complexity index is 1140. The van der Waals surface area contributed by atoms with Crippen molar-refractivity contribution < 1.29 is 28.7 Å². The molecule has 0 radical (unpaired) electrons. The van der Waals surface area contributed by atoms with Gasteiger partial charge in [-0.3, -0.25) is 10.0 Å². The van der Waals surface area contributed by atoms with Crippen LogP contribution in [0.3, 0.4) is 0 Å². The number of allylic oxidation sites excluding steroid dienone is 1. The summed E-state index contributed by atoms with van der Waals surface area (Å²) in [7, 11) is 1.41. The summed E-state index contributed by atoms with van der Waals surface area (Å²) < 4.78 is 24.3. The summed E-state index contributed by atoms with van der Waals surface area (Å²) in [6, 6.07) is 15.5. The number of esters is 1. The average Bonchev–Trinajstić information content (AvgIpc) is 2.78. The summed E-state index contributed by atoms with van der Waals surface area (Å²) in [6.45, 7) is 0. The summed E-state index contributed by atoms with van der Waals surface area (Å²) in [5.41, 5.74) is 0.0936. The number of rotatable bonds is 7. The lowest BCUT2D eigenvalue weighted by atomic mass is 10.1. The van der Waals surface area contributed by atoms with E-state index in [0.717, 1.165) is 6.07 Å². The van der Waals surface area contributed by atoms with Gasteiger partial charge in [0.05, 0.1) is 23.9 Å². The number of nitrogens with zero attached hydrogens (tertiary/aromatic N) is 1. The van der Waals surface area contributed by atoms with Crippen LogP contribution in [-0.2, 0) is 0 Å². The van der Waals surface area contributed by atoms with Crippen molar-refractivity contribution in [2.75, 3.05) is 12.3 Å². The first-order valence-corrected chi connectivity index (χ1v) is 9.02. The fraction of sp³-hybridized carbons (Fsp3) is 0.0435. The Kier molecular flexibility index (Phi) is 6.76. The van der Waals surface area contributed by atoms with Crippen molar-refractivity contribution in [1.82, 2.24) is 0 Å². The molecule has 0 atom stereocenters. The van der Waals surface area contributed by atoms with Crippen LogP contribution in [0.25, 0.3) is 6.08 Å². The van der Waals surface area contributed by atoms with E-state index in [2.05, 4.69) is 0 Å². The smallest absolute Gasteiger partial charge is 0.343 e. The molecule has 0 bridgehead atoms. The molecule has 3 aromatic rings. The fourth-order valence-corrected chi connectivity index (χ4v) is 2.69. The van der Waals surface area contributed by atoms with E-state index in [4.69, 9.17) is 14.7 Å². The maximum atomic E-state index is 13.8. The summed E-state index contributed by atoms with van der Waals surface area (Å²) in [5, 5.41) is 19.7. The number of benzene rings is 3. The summed E-state index contributed by atoms with van der Waals surface area (Å²) in [4.78, 5) is 25.2. The second kappa shape index (κ2) is 9.66. The van der Waals surface area contributed by atoms with Crippen LogP contribution in [0.2, 0.25) is 0 Å². The highest BCUT2D eigenvalue weighted by atomic mass is 19.1. The van der Waals surface area contributed by atoms with Crippen molar-refractivity contribution in [1.29, 1.82) is 0 Å². The van der Waals surface area contributed by atoms with E-state index < -0.39 is 17.6 Å². The Morgan fingerprint density at radius 3 is 2.55 bits per heavy atom. The first kappa shape index (κ1) is 21.7. The number of anilines is 1. The van der Waals surface area contributed by atoms with Crippen LogP contribution >= 0.6 is 0 Å². The van der Waals surface area contributed by atoms with Gasteiger partial charge in [0.25, 0.3) is 0 Å². The van der Waals surface area contributed by atoms with Gasteiger partial charge in [-0.15, -0.1) is 0 Å². The van der Waals surface area contributed by atoms with E-state index in [-0.39, 0.29) is 33.4 Å². The van der Waals surface area contributed by atoms with Crippen molar-refractivity contribution in [2.45, 2.75) is 0 Å². The van der Waals surface area contributed by atoms with E-state index in [1.54, 1.807) is 6.07 Å². The lowest BCUT2D eigenvalue weighted by molar-refractivity contribution is 0.0733. The molecule has 7 nitrogen and oxygen atoms in total. The number of ketones is 1. The van der Waals surface area contributed by atoms with Gasteiger partial charge in [-0.05, 0) is 48.6 Å². The number of methoxy groups -OCH3 is 1. The van der Waals surface area contributed by atoms with Crippen LogP contribution in [0.1, 0.15) is 26.3 Å². The van der Waals surface area contributed by atoms with E-state index >= 15 is 0 Å². The number of hydrogen-bond donors (Lipinski definition) is 1. The van der Waals surface area contributed by atoms with Gasteiger partial charge in [0.1, 0.15) is 17.3 Å². The normalized spacial score (nSPS) is 10.7. The van der Waals surface area contributed by atoms with Crippen LogP contribution in [0.5, 0.6) is 11.5 Å². The molecule has 158 valence electrons. The third kappa shape index (κ3) is 5.33. The molecular weight excluding hydrogens is 405 g/mol. The van der Waals surface area contributed by atoms with E-state index in [1.807, 2.05) is 0 Å². The Morgan fingerprint density at radius 1 is 1.06 bits per heavy atom. The molecule has 0 aliphatic heterocycles. The fourth-order valence-electron chi connectivity index (χ4n) is 2.69. The minimum Gasteiger partial charge on any atom is -0.733 e. The van der Waals surface area contributed by atoms with Gasteiger partial charge in [0.2, 0.25) is 0 Å². The van der Waals surface area contributed by atoms with Crippen LogP contribution in [0, 0.1) is 11.0 Å². The van der Waals surface area contributed by atoms with Gasteiger partial charge in [0.15, 0.2) is 5.78 Å². The Labute approximate surface area is 177 Å². The third-order valence-corrected chi connectivity index (χ3v) is 4.28. The molecule has 0 saturated heterocycles. The topological polar surface area (TPSA) is 99.1 Å². The molecule has 0 unspecified atom stereocenters. The number of halogens is 1. The van der Waals surface area contributed by atoms with Crippen molar-refractivity contribution in [3.63, 3.8) is 0 Å². The zero-order valence-corrected chi connectivity index (χ0v) is 16.3. The molecule has 0 saturated carbocycles. The first-order chi connectivity index (χ1) is 14.9. The monoisotopic (exact) mass is 422 g/mol. The van der Waals surface area contributed by atoms with Crippen molar-refractivity contribution >= 4 is 23.5 Å². The maximum absolute atomic E-state index is 13.8. The quantitative estimate of drug-likeness (QED) is 0.195. The first-order valence-electron chi connectivity index (χ1n) is 9.02. The second-order valence-corrected chi connectivity index (χ2v) is 6.29. The standard InChI is InChI=1S/C23H17FNO6/c1-30-18-10-11-19(21(26)12-9-15-5-2-3-8-20(15)24)22(14-18)31-23(27)16-6-4-7-17(13-16)25(28)29/h2-14,28H,1H3/q-1. The molecule has 0 fully saturated rings. The van der Waals surface area contributed by atoms with Gasteiger partial charge in [-0.2, -0.15) is 0 Å². The minimum absolute atomic E-state index is 0.0180. The Morgan fingerprint density at radius 2 is 1.84 bits per heavy atom. The van der Waals surface area contributed by atoms with Crippen LogP contribution in [0.4, 0.5) is 10.1 Å². The zero-order valence-electron chi connectivity index (χ0n) is 16.3. The third-order valence-electron chi connectivity index (χ3n) is 4.28. The molecule has 1 N–H and O–H groups in total. The molecule has 0 heterocycles. The molecule has 0 aromatic heterocycles. The molecule has 0 spiro atoms. The molecule has 0 aliphatic rings. The maximum Gasteiger partial charge on any atom is 0.343 e. The van der Waals surface area contributed by atoms with Crippen molar-refractivity contribution in [2.24, 2.45) is 0 Å². The zero-order chi connectivity index (χ0) is 22.4. The van der Waals surface area contributed by atoms with Gasteiger partial charge in [-0.25, -0.2) is 9.18 Å². The SMILES string of the molecule is COc1ccc(C(=O)C=Cc2ccccc2F)c(OC(=O)c2cccc(N([O-])O)c2)c1. The number of hydrogen-bond acceptors (Lipinski definition) is 7. The predicted octanol–water partition coefficient (Wildman–Crippen LogP) is 4.64. The van der Waals surface area contributed by atoms with Crippen molar-refractivity contribution in [3.05, 3.63) is 101 Å². The summed E-state index contributed by atoms with van der Waals surface area (Å²) in [5.74, 6) is -1.61. The minimum atomic E-state index is -0.857. The molecule has 31 heavy (non-hydrogen) atoms. The second-order valence-electron chi connectivity index (χ2n) is 6.29. The van der Waals surface area contributed by atoms with Crippen molar-refractivity contribution in [3.8, 4) is 11.5 Å². The molecule has 8 heteroatoms. The van der Waals surface area contributed by atoms with Gasteiger partial charge < -0.3 is 19.9 Å². The predicted molar refractivity (Wildman–Crippen MR) is 112 cm³/mol. The summed E-state index contributed by atoms with van der Waals surface area (Å²) in [6.07, 6.45) is 2.49. The van der Waals surface area contributed by atoms with Gasteiger partial charge in [-0.1, -0.05) is 24.3 Å². The van der Waals surface area contributed by atoms with Crippen LogP contribution < -0.4 is 14.7 Å². The van der Waals surface area contributed by atoms with E-state index in [0.29, 0.717) is 5.75 Å². The molecular formula is C23H17FNO6-. The Hall–Kier alpha value is -4.01. The van der Waals surface area contributed by atoms with Crippen LogP contribution in [0.15, 0.2) is 72.8 Å². The Balaban J connectivity index is 1.89. The summed E-state index contributed by atoms with van der Waals surface area (Å²) >= 11 is 0. The highest BCUT2D eigenvalue weighted by molar-refractivity contribution is 6.09. The number of carbonyl (C=O) groups is 2. The molecule has 0 aliphatic carbocycles. The van der Waals surface area contributed by atoms with E-state index in [9.17, 15) is 19.2 Å². The lowest BCUT2D eigenvalue weighted by Gasteiger charge is -2.21. The average molecular weight is 422 g/mol. The van der Waals surface area contributed by atoms with Gasteiger partial charge in [0, 0.05) is 11.6 Å². The lowest BCUT2D eigenvalue weighted by Crippen LogP contribution is -2.13. The highest BCUT2D eigenvalue weighted by Crippen LogP contribution is 2.27. The molecule has 3 rings (SSSR count). The molecule has 3 aromatic carbocycles. The van der Waals surface area contributed by atoms with Crippen LogP contribution in [-0.4, -0.2) is 24.1 Å². The number of ether oxygens (including phenoxy) is 2. The molecule has 0 amide bonds. The van der Waals surface area contributed by atoms with Gasteiger partial charge >= 0.3 is 5.97 Å².